The summed E-state index contributed by atoms with van der Waals surface area (Å²) in [6, 6.07) is 7.42. The normalized spacial score (nSPS) is 24.7. The topological polar surface area (TPSA) is 51.4 Å². The molecule has 2 N–H and O–H groups in total. The Morgan fingerprint density at radius 3 is 2.85 bits per heavy atom. The fourth-order valence-electron chi connectivity index (χ4n) is 5.05. The van der Waals surface area contributed by atoms with Crippen LogP contribution < -0.4 is 5.32 Å². The molecular formula is C21H30N4OS. The van der Waals surface area contributed by atoms with Gasteiger partial charge in [-0.05, 0) is 57.2 Å². The third kappa shape index (κ3) is 3.13. The van der Waals surface area contributed by atoms with Crippen LogP contribution in [0, 0.1) is 0 Å². The molecule has 27 heavy (non-hydrogen) atoms. The number of thioether (sulfide) groups is 1. The van der Waals surface area contributed by atoms with E-state index in [-0.39, 0.29) is 12.1 Å². The second kappa shape index (κ2) is 7.40. The van der Waals surface area contributed by atoms with Crippen LogP contribution in [0.3, 0.4) is 0 Å². The lowest BCUT2D eigenvalue weighted by Gasteiger charge is -2.46. The summed E-state index contributed by atoms with van der Waals surface area (Å²) in [5.41, 5.74) is 4.18. The van der Waals surface area contributed by atoms with E-state index in [0.29, 0.717) is 12.0 Å². The van der Waals surface area contributed by atoms with Gasteiger partial charge in [0.15, 0.2) is 0 Å². The number of rotatable bonds is 4. The van der Waals surface area contributed by atoms with E-state index in [1.807, 2.05) is 30.5 Å². The molecule has 2 aliphatic rings. The molecule has 1 aliphatic heterocycles. The zero-order valence-corrected chi connectivity index (χ0v) is 17.5. The van der Waals surface area contributed by atoms with Crippen molar-refractivity contribution in [3.8, 4) is 0 Å². The van der Waals surface area contributed by atoms with E-state index in [2.05, 4.69) is 46.7 Å². The van der Waals surface area contributed by atoms with Gasteiger partial charge >= 0.3 is 6.03 Å². The van der Waals surface area contributed by atoms with Crippen molar-refractivity contribution in [1.29, 1.82) is 0 Å². The van der Waals surface area contributed by atoms with Crippen LogP contribution in [0.15, 0.2) is 23.2 Å². The number of urea groups is 1. The lowest BCUT2D eigenvalue weighted by atomic mass is 9.74. The number of fused-ring (bicyclic) bond motifs is 2. The van der Waals surface area contributed by atoms with E-state index in [1.165, 1.54) is 27.1 Å². The van der Waals surface area contributed by atoms with Crippen LogP contribution in [0.4, 0.5) is 4.79 Å². The summed E-state index contributed by atoms with van der Waals surface area (Å²) in [5.74, 6) is 0.465. The third-order valence-electron chi connectivity index (χ3n) is 6.39. The number of likely N-dealkylation sites (N-methyl/N-ethyl adjacent to an activating group) is 1. The molecular weight excluding hydrogens is 356 g/mol. The molecule has 0 radical (unpaired) electrons. The minimum atomic E-state index is 0.0675. The highest BCUT2D eigenvalue weighted by molar-refractivity contribution is 7.98. The van der Waals surface area contributed by atoms with Crippen molar-refractivity contribution >= 4 is 28.7 Å². The van der Waals surface area contributed by atoms with Gasteiger partial charge in [-0.15, -0.1) is 11.8 Å². The Morgan fingerprint density at radius 1 is 1.37 bits per heavy atom. The number of nitrogens with zero attached hydrogens (tertiary/aromatic N) is 2. The molecule has 0 spiro atoms. The van der Waals surface area contributed by atoms with Crippen molar-refractivity contribution in [2.24, 2.45) is 0 Å². The lowest BCUT2D eigenvalue weighted by molar-refractivity contribution is 0.123. The Morgan fingerprint density at radius 2 is 2.15 bits per heavy atom. The Labute approximate surface area is 165 Å². The highest BCUT2D eigenvalue weighted by atomic mass is 32.2. The predicted molar refractivity (Wildman–Crippen MR) is 113 cm³/mol. The van der Waals surface area contributed by atoms with E-state index >= 15 is 0 Å². The molecule has 6 heteroatoms. The molecule has 1 aliphatic carbocycles. The van der Waals surface area contributed by atoms with E-state index in [1.54, 1.807) is 0 Å². The van der Waals surface area contributed by atoms with Crippen LogP contribution in [0.25, 0.3) is 10.9 Å². The maximum absolute atomic E-state index is 12.6. The SMILES string of the molecule is CCN(CC)C(=O)N[C@H]1CC2c3cccc4[nH]c(SC)c(c34)C[C@H]2N(C)C1. The molecule has 3 atom stereocenters. The average Bonchev–Trinajstić information content (AvgIpc) is 3.03. The Bertz CT molecular complexity index is 844. The lowest BCUT2D eigenvalue weighted by Crippen LogP contribution is -2.56. The van der Waals surface area contributed by atoms with E-state index < -0.39 is 0 Å². The highest BCUT2D eigenvalue weighted by Crippen LogP contribution is 2.45. The van der Waals surface area contributed by atoms with Crippen molar-refractivity contribution in [3.63, 3.8) is 0 Å². The van der Waals surface area contributed by atoms with Crippen molar-refractivity contribution < 1.29 is 4.79 Å². The number of carbonyl (C=O) groups is 1. The third-order valence-corrected chi connectivity index (χ3v) is 7.15. The smallest absolute Gasteiger partial charge is 0.317 e. The van der Waals surface area contributed by atoms with E-state index in [0.717, 1.165) is 32.5 Å². The van der Waals surface area contributed by atoms with Gasteiger partial charge in [0.2, 0.25) is 0 Å². The fourth-order valence-corrected chi connectivity index (χ4v) is 5.70. The number of nitrogens with one attached hydrogen (secondary N) is 2. The van der Waals surface area contributed by atoms with E-state index in [4.69, 9.17) is 0 Å². The molecule has 2 amide bonds. The standard InChI is InChI=1S/C21H30N4OS/c1-5-25(6-2)21(26)22-13-10-15-14-8-7-9-17-19(14)16(20(23-17)27-4)11-18(15)24(3)12-13/h7-9,13,15,18,23H,5-6,10-12H2,1-4H3,(H,22,26)/t13-,15?,18+/m0/s1. The zero-order chi connectivity index (χ0) is 19.1. The van der Waals surface area contributed by atoms with Gasteiger partial charge in [-0.2, -0.15) is 0 Å². The van der Waals surface area contributed by atoms with Crippen LogP contribution in [-0.2, 0) is 6.42 Å². The number of amides is 2. The van der Waals surface area contributed by atoms with Crippen molar-refractivity contribution in [3.05, 3.63) is 29.3 Å². The summed E-state index contributed by atoms with van der Waals surface area (Å²) in [6.45, 7) is 6.48. The molecule has 2 aromatic rings. The number of aromatic nitrogens is 1. The largest absolute Gasteiger partial charge is 0.349 e. The van der Waals surface area contributed by atoms with Gasteiger partial charge in [-0.25, -0.2) is 4.79 Å². The monoisotopic (exact) mass is 386 g/mol. The van der Waals surface area contributed by atoms with Gasteiger partial charge in [0, 0.05) is 48.5 Å². The van der Waals surface area contributed by atoms with Crippen molar-refractivity contribution in [2.75, 3.05) is 32.9 Å². The van der Waals surface area contributed by atoms with Gasteiger partial charge in [0.1, 0.15) is 0 Å². The molecule has 5 nitrogen and oxygen atoms in total. The van der Waals surface area contributed by atoms with Gasteiger partial charge in [0.05, 0.1) is 5.03 Å². The first-order valence-electron chi connectivity index (χ1n) is 10.00. The van der Waals surface area contributed by atoms with Crippen molar-refractivity contribution in [1.82, 2.24) is 20.1 Å². The molecule has 0 saturated carbocycles. The van der Waals surface area contributed by atoms with Gasteiger partial charge < -0.3 is 20.1 Å². The molecule has 1 saturated heterocycles. The van der Waals surface area contributed by atoms with Crippen LogP contribution in [0.1, 0.15) is 37.3 Å². The van der Waals surface area contributed by atoms with E-state index in [9.17, 15) is 4.79 Å². The maximum Gasteiger partial charge on any atom is 0.317 e. The number of likely N-dealkylation sites (tertiary alicyclic amines) is 1. The number of aromatic amines is 1. The molecule has 2 heterocycles. The summed E-state index contributed by atoms with van der Waals surface area (Å²) in [7, 11) is 2.21. The second-order valence-electron chi connectivity index (χ2n) is 7.78. The molecule has 1 unspecified atom stereocenters. The second-order valence-corrected chi connectivity index (χ2v) is 8.60. The first kappa shape index (κ1) is 18.7. The van der Waals surface area contributed by atoms with Crippen molar-refractivity contribution in [2.45, 2.75) is 49.7 Å². The predicted octanol–water partition coefficient (Wildman–Crippen LogP) is 3.65. The zero-order valence-electron chi connectivity index (χ0n) is 16.7. The van der Waals surface area contributed by atoms with Gasteiger partial charge in [-0.3, -0.25) is 0 Å². The molecule has 1 fully saturated rings. The number of H-pyrrole nitrogens is 1. The van der Waals surface area contributed by atoms with Crippen LogP contribution >= 0.6 is 11.8 Å². The molecule has 146 valence electrons. The summed E-state index contributed by atoms with van der Waals surface area (Å²) in [5, 5.41) is 6.02. The molecule has 1 aromatic carbocycles. The first-order chi connectivity index (χ1) is 13.1. The Kier molecular flexibility index (Phi) is 5.12. The quantitative estimate of drug-likeness (QED) is 0.789. The molecule has 4 rings (SSSR count). The summed E-state index contributed by atoms with van der Waals surface area (Å²) < 4.78 is 0. The average molecular weight is 387 g/mol. The number of piperidine rings is 1. The minimum absolute atomic E-state index is 0.0675. The Balaban J connectivity index is 1.64. The summed E-state index contributed by atoms with van der Waals surface area (Å²) in [4.78, 5) is 20.5. The number of carbonyl (C=O) groups excluding carboxylic acids is 1. The molecule has 1 aromatic heterocycles. The Hall–Kier alpha value is -1.66. The number of benzene rings is 1. The maximum atomic E-state index is 12.6. The highest BCUT2D eigenvalue weighted by Gasteiger charge is 2.40. The summed E-state index contributed by atoms with van der Waals surface area (Å²) in [6.07, 6.45) is 4.25. The first-order valence-corrected chi connectivity index (χ1v) is 11.2. The van der Waals surface area contributed by atoms with Crippen LogP contribution in [-0.4, -0.2) is 65.8 Å². The van der Waals surface area contributed by atoms with Crippen LogP contribution in [0.5, 0.6) is 0 Å². The number of hydrogen-bond acceptors (Lipinski definition) is 3. The fraction of sp³-hybridized carbons (Fsp3) is 0.571. The van der Waals surface area contributed by atoms with Crippen LogP contribution in [0.2, 0.25) is 0 Å². The number of hydrogen-bond donors (Lipinski definition) is 2. The minimum Gasteiger partial charge on any atom is -0.349 e. The molecule has 0 bridgehead atoms. The van der Waals surface area contributed by atoms with Gasteiger partial charge in [0.25, 0.3) is 0 Å². The summed E-state index contributed by atoms with van der Waals surface area (Å²) >= 11 is 1.81. The van der Waals surface area contributed by atoms with Gasteiger partial charge in [-0.1, -0.05) is 12.1 Å².